The van der Waals surface area contributed by atoms with Crippen molar-refractivity contribution in [3.63, 3.8) is 0 Å². The molecule has 28 heavy (non-hydrogen) atoms. The molecule has 0 spiro atoms. The lowest BCUT2D eigenvalue weighted by Crippen LogP contribution is -2.11. The Kier molecular flexibility index (Phi) is 4.00. The molecule has 0 atom stereocenters. The Morgan fingerprint density at radius 3 is 2.82 bits per heavy atom. The number of rotatable bonds is 3. The van der Waals surface area contributed by atoms with Crippen molar-refractivity contribution in [1.82, 2.24) is 20.3 Å². The Morgan fingerprint density at radius 2 is 1.93 bits per heavy atom. The van der Waals surface area contributed by atoms with E-state index in [1.165, 1.54) is 11.3 Å². The standard InChI is InChI=1S/C19H10ClN5O2S/c20-13-6-2-1-5-11(13)18-23-24-19(28-18)22-17(26)16-12-8-7-10-4-3-9-21-14(10)15(12)25-27-16/h1-9H,(H,22,24,26). The lowest BCUT2D eigenvalue weighted by Gasteiger charge is -1.99. The molecule has 0 saturated carbocycles. The first-order valence-electron chi connectivity index (χ1n) is 8.23. The summed E-state index contributed by atoms with van der Waals surface area (Å²) in [6.07, 6.45) is 1.67. The third-order valence-corrected chi connectivity index (χ3v) is 5.38. The van der Waals surface area contributed by atoms with Gasteiger partial charge in [0.15, 0.2) is 5.01 Å². The van der Waals surface area contributed by atoms with Gasteiger partial charge in [-0.2, -0.15) is 0 Å². The zero-order chi connectivity index (χ0) is 19.1. The molecule has 136 valence electrons. The van der Waals surface area contributed by atoms with E-state index in [9.17, 15) is 4.79 Å². The number of hydrogen-bond acceptors (Lipinski definition) is 7. The molecule has 1 amide bonds. The van der Waals surface area contributed by atoms with E-state index in [1.54, 1.807) is 18.3 Å². The van der Waals surface area contributed by atoms with Crippen molar-refractivity contribution in [2.45, 2.75) is 0 Å². The van der Waals surface area contributed by atoms with Crippen LogP contribution < -0.4 is 5.32 Å². The SMILES string of the molecule is O=C(Nc1nnc(-c2ccccc2Cl)s1)c1onc2c1ccc1cccnc12. The minimum atomic E-state index is -0.459. The van der Waals surface area contributed by atoms with Gasteiger partial charge in [0.25, 0.3) is 5.91 Å². The van der Waals surface area contributed by atoms with Gasteiger partial charge in [-0.1, -0.05) is 58.4 Å². The summed E-state index contributed by atoms with van der Waals surface area (Å²) < 4.78 is 5.30. The number of anilines is 1. The van der Waals surface area contributed by atoms with Crippen LogP contribution >= 0.6 is 22.9 Å². The highest BCUT2D eigenvalue weighted by atomic mass is 35.5. The number of carbonyl (C=O) groups excluding carboxylic acids is 1. The minimum absolute atomic E-state index is 0.0945. The number of pyridine rings is 1. The second kappa shape index (κ2) is 6.66. The van der Waals surface area contributed by atoms with Crippen LogP contribution in [-0.4, -0.2) is 26.2 Å². The number of benzene rings is 2. The quantitative estimate of drug-likeness (QED) is 0.461. The Bertz CT molecular complexity index is 1350. The highest BCUT2D eigenvalue weighted by Crippen LogP contribution is 2.32. The number of aromatic nitrogens is 4. The summed E-state index contributed by atoms with van der Waals surface area (Å²) in [4.78, 5) is 17.0. The van der Waals surface area contributed by atoms with Crippen molar-refractivity contribution >= 4 is 55.8 Å². The van der Waals surface area contributed by atoms with Crippen molar-refractivity contribution in [2.24, 2.45) is 0 Å². The third kappa shape index (κ3) is 2.79. The molecule has 0 bridgehead atoms. The summed E-state index contributed by atoms with van der Waals surface area (Å²) in [5, 5.41) is 17.9. The maximum Gasteiger partial charge on any atom is 0.296 e. The van der Waals surface area contributed by atoms with Gasteiger partial charge in [-0.05, 0) is 18.2 Å². The van der Waals surface area contributed by atoms with Crippen LogP contribution in [0.3, 0.4) is 0 Å². The van der Waals surface area contributed by atoms with Gasteiger partial charge in [0.2, 0.25) is 10.9 Å². The second-order valence-corrected chi connectivity index (χ2v) is 7.28. The first-order chi connectivity index (χ1) is 13.7. The van der Waals surface area contributed by atoms with Crippen LogP contribution in [0.4, 0.5) is 5.13 Å². The van der Waals surface area contributed by atoms with Gasteiger partial charge in [-0.25, -0.2) is 0 Å². The number of nitrogens with zero attached hydrogens (tertiary/aromatic N) is 4. The molecule has 3 heterocycles. The van der Waals surface area contributed by atoms with Gasteiger partial charge < -0.3 is 4.52 Å². The van der Waals surface area contributed by atoms with Crippen molar-refractivity contribution in [2.75, 3.05) is 5.32 Å². The largest absolute Gasteiger partial charge is 0.350 e. The highest BCUT2D eigenvalue weighted by Gasteiger charge is 2.20. The number of carbonyl (C=O) groups is 1. The second-order valence-electron chi connectivity index (χ2n) is 5.89. The Balaban J connectivity index is 1.46. The van der Waals surface area contributed by atoms with Crippen LogP contribution in [0.15, 0.2) is 59.3 Å². The van der Waals surface area contributed by atoms with Gasteiger partial charge in [0.05, 0.1) is 15.9 Å². The van der Waals surface area contributed by atoms with Crippen LogP contribution in [0.1, 0.15) is 10.6 Å². The summed E-state index contributed by atoms with van der Waals surface area (Å²) >= 11 is 7.41. The molecule has 0 aliphatic rings. The van der Waals surface area contributed by atoms with Crippen LogP contribution in [0.5, 0.6) is 0 Å². The molecule has 5 aromatic rings. The molecule has 0 fully saturated rings. The third-order valence-electron chi connectivity index (χ3n) is 4.18. The first-order valence-corrected chi connectivity index (χ1v) is 9.43. The van der Waals surface area contributed by atoms with Crippen molar-refractivity contribution in [3.05, 3.63) is 65.5 Å². The fourth-order valence-corrected chi connectivity index (χ4v) is 3.94. The lowest BCUT2D eigenvalue weighted by atomic mass is 10.1. The summed E-state index contributed by atoms with van der Waals surface area (Å²) in [5.41, 5.74) is 1.97. The molecule has 1 N–H and O–H groups in total. The Hall–Kier alpha value is -3.36. The normalized spacial score (nSPS) is 11.2. The molecule has 7 nitrogen and oxygen atoms in total. The smallest absolute Gasteiger partial charge is 0.296 e. The predicted molar refractivity (Wildman–Crippen MR) is 108 cm³/mol. The maximum atomic E-state index is 12.7. The van der Waals surface area contributed by atoms with E-state index in [4.69, 9.17) is 16.1 Å². The van der Waals surface area contributed by atoms with Gasteiger partial charge >= 0.3 is 0 Å². The molecule has 0 saturated heterocycles. The van der Waals surface area contributed by atoms with Crippen molar-refractivity contribution < 1.29 is 9.32 Å². The van der Waals surface area contributed by atoms with Gasteiger partial charge in [0, 0.05) is 17.1 Å². The van der Waals surface area contributed by atoms with Crippen molar-refractivity contribution in [3.8, 4) is 10.6 Å². The molecule has 3 aromatic heterocycles. The van der Waals surface area contributed by atoms with E-state index >= 15 is 0 Å². The fraction of sp³-hybridized carbons (Fsp3) is 0. The molecule has 0 radical (unpaired) electrons. The van der Waals surface area contributed by atoms with E-state index in [-0.39, 0.29) is 5.76 Å². The topological polar surface area (TPSA) is 93.8 Å². The average molecular weight is 408 g/mol. The molecule has 9 heteroatoms. The van der Waals surface area contributed by atoms with Gasteiger partial charge in [-0.15, -0.1) is 10.2 Å². The molecule has 2 aromatic carbocycles. The number of hydrogen-bond donors (Lipinski definition) is 1. The Morgan fingerprint density at radius 1 is 1.04 bits per heavy atom. The van der Waals surface area contributed by atoms with E-state index in [0.29, 0.717) is 31.6 Å². The first kappa shape index (κ1) is 16.8. The fourth-order valence-electron chi connectivity index (χ4n) is 2.88. The minimum Gasteiger partial charge on any atom is -0.350 e. The van der Waals surface area contributed by atoms with Crippen LogP contribution in [0.2, 0.25) is 5.02 Å². The summed E-state index contributed by atoms with van der Waals surface area (Å²) in [5.74, 6) is -0.364. The molecular formula is C19H10ClN5O2S. The predicted octanol–water partition coefficient (Wildman–Crippen LogP) is 4.80. The van der Waals surface area contributed by atoms with E-state index in [1.807, 2.05) is 36.4 Å². The summed E-state index contributed by atoms with van der Waals surface area (Å²) in [6.45, 7) is 0. The average Bonchev–Trinajstić information content (AvgIpc) is 3.35. The van der Waals surface area contributed by atoms with Gasteiger partial charge in [0.1, 0.15) is 5.52 Å². The van der Waals surface area contributed by atoms with Crippen molar-refractivity contribution in [1.29, 1.82) is 0 Å². The molecular weight excluding hydrogens is 398 g/mol. The monoisotopic (exact) mass is 407 g/mol. The van der Waals surface area contributed by atoms with E-state index < -0.39 is 5.91 Å². The molecule has 0 aliphatic heterocycles. The number of amides is 1. The summed E-state index contributed by atoms with van der Waals surface area (Å²) in [6, 6.07) is 14.7. The number of nitrogens with one attached hydrogen (secondary N) is 1. The highest BCUT2D eigenvalue weighted by molar-refractivity contribution is 7.18. The zero-order valence-corrected chi connectivity index (χ0v) is 15.7. The van der Waals surface area contributed by atoms with Crippen LogP contribution in [-0.2, 0) is 0 Å². The maximum absolute atomic E-state index is 12.7. The number of fused-ring (bicyclic) bond motifs is 3. The summed E-state index contributed by atoms with van der Waals surface area (Å²) in [7, 11) is 0. The van der Waals surface area contributed by atoms with E-state index in [2.05, 4.69) is 25.7 Å². The number of halogens is 1. The Labute approximate surface area is 167 Å². The lowest BCUT2D eigenvalue weighted by molar-refractivity contribution is 0.0990. The molecule has 5 rings (SSSR count). The molecule has 0 unspecified atom stereocenters. The van der Waals surface area contributed by atoms with Crippen LogP contribution in [0.25, 0.3) is 32.4 Å². The van der Waals surface area contributed by atoms with Gasteiger partial charge in [-0.3, -0.25) is 15.1 Å². The van der Waals surface area contributed by atoms with E-state index in [0.717, 1.165) is 10.9 Å². The van der Waals surface area contributed by atoms with Crippen LogP contribution in [0, 0.1) is 0 Å². The molecule has 0 aliphatic carbocycles. The zero-order valence-electron chi connectivity index (χ0n) is 14.1.